The molecule has 1 aromatic carbocycles. The number of hydrogen-bond donors (Lipinski definition) is 1. The van der Waals surface area contributed by atoms with Crippen LogP contribution in [0, 0.1) is 0 Å². The summed E-state index contributed by atoms with van der Waals surface area (Å²) in [7, 11) is 1.55. The van der Waals surface area contributed by atoms with Crippen molar-refractivity contribution in [1.29, 1.82) is 0 Å². The quantitative estimate of drug-likeness (QED) is 0.677. The molecule has 0 aliphatic carbocycles. The molecule has 1 aromatic heterocycles. The number of para-hydroxylation sites is 1. The van der Waals surface area contributed by atoms with Gasteiger partial charge in [0.2, 0.25) is 5.78 Å². The van der Waals surface area contributed by atoms with Crippen LogP contribution in [-0.4, -0.2) is 21.7 Å². The first kappa shape index (κ1) is 12.6. The number of alkyl halides is 3. The van der Waals surface area contributed by atoms with Crippen LogP contribution in [0.2, 0.25) is 0 Å². The minimum absolute atomic E-state index is 0.332. The number of H-pyrrole nitrogens is 1. The molecule has 0 saturated carbocycles. The van der Waals surface area contributed by atoms with Crippen molar-refractivity contribution in [3.63, 3.8) is 0 Å². The van der Waals surface area contributed by atoms with Gasteiger partial charge in [-0.15, -0.1) is 0 Å². The predicted molar refractivity (Wildman–Crippen MR) is 69.5 cm³/mol. The molecule has 0 atom stereocenters. The van der Waals surface area contributed by atoms with Gasteiger partial charge in [-0.05, 0) is 6.07 Å². The molecule has 6 heteroatoms. The fourth-order valence-electron chi connectivity index (χ4n) is 1.64. The Labute approximate surface area is 113 Å². The molecule has 90 valence electrons. The lowest BCUT2D eigenvalue weighted by Gasteiger charge is -2.08. The standard InChI is InChI=1S/C11H8Cl3NO2/c1-17-8-4-2-3-6-7(5-15-9(6)8)10(16)11(12,13)14/h2-5,15H,1H3. The Balaban J connectivity index is 2.62. The molecule has 0 spiro atoms. The number of rotatable bonds is 2. The summed E-state index contributed by atoms with van der Waals surface area (Å²) < 4.78 is 3.20. The summed E-state index contributed by atoms with van der Waals surface area (Å²) in [6, 6.07) is 5.31. The van der Waals surface area contributed by atoms with Crippen LogP contribution in [0.25, 0.3) is 10.9 Å². The Bertz CT molecular complexity index is 572. The molecule has 0 radical (unpaired) electrons. The van der Waals surface area contributed by atoms with E-state index >= 15 is 0 Å². The average Bonchev–Trinajstić information content (AvgIpc) is 2.69. The van der Waals surface area contributed by atoms with Gasteiger partial charge in [0.25, 0.3) is 3.79 Å². The highest BCUT2D eigenvalue weighted by Crippen LogP contribution is 2.34. The molecule has 0 fully saturated rings. The van der Waals surface area contributed by atoms with Crippen LogP contribution in [0.5, 0.6) is 5.75 Å². The summed E-state index contributed by atoms with van der Waals surface area (Å²) >= 11 is 16.8. The van der Waals surface area contributed by atoms with E-state index in [0.29, 0.717) is 22.2 Å². The molecule has 0 aliphatic heterocycles. The summed E-state index contributed by atoms with van der Waals surface area (Å²) in [5.41, 5.74) is 1.03. The Kier molecular flexibility index (Phi) is 3.25. The van der Waals surface area contributed by atoms with E-state index < -0.39 is 9.58 Å². The molecule has 0 unspecified atom stereocenters. The maximum absolute atomic E-state index is 11.9. The van der Waals surface area contributed by atoms with Crippen molar-refractivity contribution in [2.75, 3.05) is 7.11 Å². The minimum atomic E-state index is -1.96. The van der Waals surface area contributed by atoms with E-state index in [0.717, 1.165) is 0 Å². The lowest BCUT2D eigenvalue weighted by Crippen LogP contribution is -2.18. The van der Waals surface area contributed by atoms with Crippen LogP contribution in [0.1, 0.15) is 10.4 Å². The van der Waals surface area contributed by atoms with Crippen LogP contribution < -0.4 is 4.74 Å². The zero-order chi connectivity index (χ0) is 12.6. The molecule has 1 heterocycles. The number of aromatic amines is 1. The largest absolute Gasteiger partial charge is 0.495 e. The second-order valence-electron chi connectivity index (χ2n) is 3.41. The Morgan fingerprint density at radius 1 is 1.35 bits per heavy atom. The average molecular weight is 293 g/mol. The van der Waals surface area contributed by atoms with Crippen molar-refractivity contribution in [3.8, 4) is 5.75 Å². The molecule has 17 heavy (non-hydrogen) atoms. The smallest absolute Gasteiger partial charge is 0.253 e. The van der Waals surface area contributed by atoms with E-state index in [-0.39, 0.29) is 0 Å². The SMILES string of the molecule is COc1cccc2c(C(=O)C(Cl)(Cl)Cl)c[nH]c12. The lowest BCUT2D eigenvalue weighted by molar-refractivity contribution is 0.0998. The number of benzene rings is 1. The number of carbonyl (C=O) groups excluding carboxylic acids is 1. The third kappa shape index (κ3) is 2.23. The van der Waals surface area contributed by atoms with Gasteiger partial charge in [0, 0.05) is 17.1 Å². The normalized spacial score (nSPS) is 11.8. The fourth-order valence-corrected chi connectivity index (χ4v) is 1.94. The fraction of sp³-hybridized carbons (Fsp3) is 0.182. The summed E-state index contributed by atoms with van der Waals surface area (Å²) in [5, 5.41) is 0.667. The van der Waals surface area contributed by atoms with Crippen molar-refractivity contribution in [3.05, 3.63) is 30.0 Å². The van der Waals surface area contributed by atoms with Gasteiger partial charge < -0.3 is 9.72 Å². The van der Waals surface area contributed by atoms with Crippen molar-refractivity contribution in [2.45, 2.75) is 3.79 Å². The molecule has 2 aromatic rings. The van der Waals surface area contributed by atoms with Gasteiger partial charge >= 0.3 is 0 Å². The van der Waals surface area contributed by atoms with E-state index in [1.807, 2.05) is 0 Å². The molecule has 0 amide bonds. The van der Waals surface area contributed by atoms with Crippen molar-refractivity contribution < 1.29 is 9.53 Å². The molecule has 2 rings (SSSR count). The van der Waals surface area contributed by atoms with Gasteiger partial charge in [0.15, 0.2) is 0 Å². The highest BCUT2D eigenvalue weighted by Gasteiger charge is 2.33. The number of methoxy groups -OCH3 is 1. The summed E-state index contributed by atoms with van der Waals surface area (Å²) in [5.74, 6) is 0.0628. The predicted octanol–water partition coefficient (Wildman–Crippen LogP) is 3.73. The Hall–Kier alpha value is -0.900. The van der Waals surface area contributed by atoms with Crippen LogP contribution in [-0.2, 0) is 0 Å². The number of Topliss-reactive ketones (excluding diaryl/α,β-unsaturated/α-hetero) is 1. The number of carbonyl (C=O) groups is 1. The molecular weight excluding hydrogens is 284 g/mol. The van der Waals surface area contributed by atoms with Crippen molar-refractivity contribution >= 4 is 51.5 Å². The monoisotopic (exact) mass is 291 g/mol. The van der Waals surface area contributed by atoms with E-state index in [9.17, 15) is 4.79 Å². The first-order valence-electron chi connectivity index (χ1n) is 4.70. The number of hydrogen-bond acceptors (Lipinski definition) is 2. The van der Waals surface area contributed by atoms with Crippen LogP contribution in [0.3, 0.4) is 0 Å². The molecule has 0 saturated heterocycles. The highest BCUT2D eigenvalue weighted by atomic mass is 35.6. The second kappa shape index (κ2) is 4.41. The van der Waals surface area contributed by atoms with E-state index in [2.05, 4.69) is 4.98 Å². The lowest BCUT2D eigenvalue weighted by atomic mass is 10.1. The number of nitrogens with one attached hydrogen (secondary N) is 1. The maximum atomic E-state index is 11.9. The number of ether oxygens (including phenoxy) is 1. The van der Waals surface area contributed by atoms with E-state index in [1.54, 1.807) is 25.3 Å². The van der Waals surface area contributed by atoms with Gasteiger partial charge in [0.1, 0.15) is 5.75 Å². The third-order valence-corrected chi connectivity index (χ3v) is 2.91. The molecule has 3 nitrogen and oxygen atoms in total. The van der Waals surface area contributed by atoms with Crippen molar-refractivity contribution in [1.82, 2.24) is 4.98 Å². The number of halogens is 3. The summed E-state index contributed by atoms with van der Waals surface area (Å²) in [6.07, 6.45) is 1.51. The first-order chi connectivity index (χ1) is 7.95. The third-order valence-electron chi connectivity index (χ3n) is 2.40. The summed E-state index contributed by atoms with van der Waals surface area (Å²) in [4.78, 5) is 14.8. The Morgan fingerprint density at radius 3 is 2.65 bits per heavy atom. The topological polar surface area (TPSA) is 42.1 Å². The summed E-state index contributed by atoms with van der Waals surface area (Å²) in [6.45, 7) is 0. The van der Waals surface area contributed by atoms with Crippen LogP contribution in [0.4, 0.5) is 0 Å². The first-order valence-corrected chi connectivity index (χ1v) is 5.84. The molecular formula is C11H8Cl3NO2. The molecule has 1 N–H and O–H groups in total. The number of aromatic nitrogens is 1. The molecule has 0 bridgehead atoms. The van der Waals surface area contributed by atoms with Gasteiger partial charge in [-0.25, -0.2) is 0 Å². The zero-order valence-corrected chi connectivity index (χ0v) is 11.0. The van der Waals surface area contributed by atoms with E-state index in [1.165, 1.54) is 6.20 Å². The van der Waals surface area contributed by atoms with Gasteiger partial charge in [-0.3, -0.25) is 4.79 Å². The Morgan fingerprint density at radius 2 is 2.06 bits per heavy atom. The highest BCUT2D eigenvalue weighted by molar-refractivity contribution is 6.77. The van der Waals surface area contributed by atoms with Gasteiger partial charge in [-0.2, -0.15) is 0 Å². The van der Waals surface area contributed by atoms with Crippen LogP contribution in [0.15, 0.2) is 24.4 Å². The van der Waals surface area contributed by atoms with Gasteiger partial charge in [-0.1, -0.05) is 46.9 Å². The molecule has 0 aliphatic rings. The van der Waals surface area contributed by atoms with Crippen LogP contribution >= 0.6 is 34.8 Å². The zero-order valence-electron chi connectivity index (χ0n) is 8.76. The maximum Gasteiger partial charge on any atom is 0.253 e. The number of fused-ring (bicyclic) bond motifs is 1. The number of ketones is 1. The van der Waals surface area contributed by atoms with Gasteiger partial charge in [0.05, 0.1) is 12.6 Å². The van der Waals surface area contributed by atoms with Crippen molar-refractivity contribution in [2.24, 2.45) is 0 Å². The second-order valence-corrected chi connectivity index (χ2v) is 5.69. The van der Waals surface area contributed by atoms with E-state index in [4.69, 9.17) is 39.5 Å². The minimum Gasteiger partial charge on any atom is -0.495 e.